The van der Waals surface area contributed by atoms with Crippen LogP contribution in [0.15, 0.2) is 75.6 Å². The second-order valence-electron chi connectivity index (χ2n) is 8.13. The lowest BCUT2D eigenvalue weighted by Crippen LogP contribution is -2.27. The van der Waals surface area contributed by atoms with E-state index < -0.39 is 0 Å². The van der Waals surface area contributed by atoms with Gasteiger partial charge in [0.25, 0.3) is 0 Å². The fraction of sp³-hybridized carbons (Fsp3) is 0.381. The van der Waals surface area contributed by atoms with Crippen LogP contribution in [0.3, 0.4) is 0 Å². The van der Waals surface area contributed by atoms with Crippen molar-refractivity contribution in [2.75, 3.05) is 0 Å². The van der Waals surface area contributed by atoms with Crippen molar-refractivity contribution >= 4 is 11.5 Å². The standard InChI is InChI=1S/C21H26N2O/c1-20(2,3)17-12-15(13-18(19(17)24)21(4,5)6)14-22-23-16-10-8-7-9-11-16/h7-14H,1-6H3/b23-22+. The average Bonchev–Trinajstić information content (AvgIpc) is 2.47. The Morgan fingerprint density at radius 1 is 0.833 bits per heavy atom. The van der Waals surface area contributed by atoms with E-state index in [2.05, 4.69) is 51.8 Å². The van der Waals surface area contributed by atoms with E-state index in [9.17, 15) is 4.79 Å². The van der Waals surface area contributed by atoms with Gasteiger partial charge in [0, 0.05) is 11.1 Å². The van der Waals surface area contributed by atoms with Crippen molar-refractivity contribution in [1.82, 2.24) is 0 Å². The first-order valence-corrected chi connectivity index (χ1v) is 8.24. The topological polar surface area (TPSA) is 41.8 Å². The first-order chi connectivity index (χ1) is 11.1. The molecule has 0 bridgehead atoms. The fourth-order valence-electron chi connectivity index (χ4n) is 2.50. The maximum Gasteiger partial charge on any atom is 0.186 e. The monoisotopic (exact) mass is 322 g/mol. The van der Waals surface area contributed by atoms with E-state index in [1.54, 1.807) is 6.20 Å². The summed E-state index contributed by atoms with van der Waals surface area (Å²) >= 11 is 0. The van der Waals surface area contributed by atoms with E-state index in [1.807, 2.05) is 42.5 Å². The highest BCUT2D eigenvalue weighted by Crippen LogP contribution is 2.38. The lowest BCUT2D eigenvalue weighted by atomic mass is 9.72. The van der Waals surface area contributed by atoms with E-state index in [0.29, 0.717) is 0 Å². The Balaban J connectivity index is 2.41. The minimum Gasteiger partial charge on any atom is -0.289 e. The molecule has 0 N–H and O–H groups in total. The number of hydrogen-bond acceptors (Lipinski definition) is 3. The molecule has 0 heterocycles. The van der Waals surface area contributed by atoms with Gasteiger partial charge >= 0.3 is 0 Å². The van der Waals surface area contributed by atoms with Crippen LogP contribution in [0.1, 0.15) is 41.5 Å². The number of azo groups is 1. The summed E-state index contributed by atoms with van der Waals surface area (Å²) in [5.74, 6) is 0.132. The number of Topliss-reactive ketones (excluding diaryl/α,β-unsaturated/α-hetero) is 1. The highest BCUT2D eigenvalue weighted by atomic mass is 16.1. The summed E-state index contributed by atoms with van der Waals surface area (Å²) in [5.41, 5.74) is 2.92. The van der Waals surface area contributed by atoms with Crippen LogP contribution in [0, 0.1) is 10.8 Å². The van der Waals surface area contributed by atoms with Crippen LogP contribution in [0.5, 0.6) is 0 Å². The highest BCUT2D eigenvalue weighted by molar-refractivity contribution is 6.11. The maximum atomic E-state index is 12.8. The van der Waals surface area contributed by atoms with Crippen molar-refractivity contribution in [1.29, 1.82) is 0 Å². The molecular weight excluding hydrogens is 296 g/mol. The molecule has 0 amide bonds. The summed E-state index contributed by atoms with van der Waals surface area (Å²) in [7, 11) is 0. The molecule has 2 rings (SSSR count). The molecule has 0 aromatic heterocycles. The van der Waals surface area contributed by atoms with Gasteiger partial charge < -0.3 is 0 Å². The molecule has 0 unspecified atom stereocenters. The molecule has 1 aliphatic rings. The van der Waals surface area contributed by atoms with Gasteiger partial charge in [0.1, 0.15) is 0 Å². The minimum atomic E-state index is -0.211. The summed E-state index contributed by atoms with van der Waals surface area (Å²) in [6, 6.07) is 9.60. The number of carbonyl (C=O) groups is 1. The average molecular weight is 322 g/mol. The number of rotatable bonds is 2. The smallest absolute Gasteiger partial charge is 0.186 e. The van der Waals surface area contributed by atoms with Crippen molar-refractivity contribution in [3.8, 4) is 0 Å². The lowest BCUT2D eigenvalue weighted by Gasteiger charge is -2.31. The molecule has 0 saturated carbocycles. The number of allylic oxidation sites excluding steroid dienone is 5. The zero-order chi connectivity index (χ0) is 18.0. The Bertz CT molecular complexity index is 700. The van der Waals surface area contributed by atoms with Crippen LogP contribution in [-0.2, 0) is 4.79 Å². The highest BCUT2D eigenvalue weighted by Gasteiger charge is 2.33. The summed E-state index contributed by atoms with van der Waals surface area (Å²) in [6.45, 7) is 12.4. The van der Waals surface area contributed by atoms with Crippen LogP contribution < -0.4 is 0 Å². The second-order valence-corrected chi connectivity index (χ2v) is 8.13. The van der Waals surface area contributed by atoms with E-state index in [0.717, 1.165) is 22.4 Å². The quantitative estimate of drug-likeness (QED) is 0.599. The van der Waals surface area contributed by atoms with Crippen molar-refractivity contribution in [2.45, 2.75) is 41.5 Å². The van der Waals surface area contributed by atoms with Gasteiger partial charge in [-0.1, -0.05) is 59.7 Å². The van der Waals surface area contributed by atoms with Gasteiger partial charge in [0.15, 0.2) is 5.78 Å². The molecule has 0 atom stereocenters. The third-order valence-electron chi connectivity index (χ3n) is 3.86. The van der Waals surface area contributed by atoms with Crippen LogP contribution in [0.2, 0.25) is 0 Å². The predicted molar refractivity (Wildman–Crippen MR) is 99.1 cm³/mol. The van der Waals surface area contributed by atoms with E-state index in [1.165, 1.54) is 0 Å². The van der Waals surface area contributed by atoms with Crippen LogP contribution in [0.25, 0.3) is 0 Å². The van der Waals surface area contributed by atoms with Gasteiger partial charge in [-0.05, 0) is 40.7 Å². The number of ketones is 1. The Hall–Kier alpha value is -2.29. The molecular formula is C21H26N2O. The zero-order valence-electron chi connectivity index (χ0n) is 15.4. The van der Waals surface area contributed by atoms with Gasteiger partial charge in [-0.15, -0.1) is 0 Å². The number of hydrogen-bond donors (Lipinski definition) is 0. The molecule has 0 saturated heterocycles. The first-order valence-electron chi connectivity index (χ1n) is 8.24. The predicted octanol–water partition coefficient (Wildman–Crippen LogP) is 6.18. The number of carbonyl (C=O) groups excluding carboxylic acids is 1. The van der Waals surface area contributed by atoms with E-state index in [-0.39, 0.29) is 16.6 Å². The van der Waals surface area contributed by atoms with Gasteiger partial charge in [0.2, 0.25) is 0 Å². The Labute approximate surface area is 144 Å². The Morgan fingerprint density at radius 2 is 1.33 bits per heavy atom. The first kappa shape index (κ1) is 18.1. The van der Waals surface area contributed by atoms with Crippen LogP contribution in [0.4, 0.5) is 5.69 Å². The molecule has 24 heavy (non-hydrogen) atoms. The second kappa shape index (κ2) is 6.68. The van der Waals surface area contributed by atoms with Crippen molar-refractivity contribution in [2.24, 2.45) is 21.1 Å². The summed E-state index contributed by atoms with van der Waals surface area (Å²) in [6.07, 6.45) is 5.58. The molecule has 0 spiro atoms. The van der Waals surface area contributed by atoms with Gasteiger partial charge in [-0.2, -0.15) is 10.2 Å². The number of benzene rings is 1. The summed E-state index contributed by atoms with van der Waals surface area (Å²) in [5, 5.41) is 8.38. The number of nitrogens with zero attached hydrogens (tertiary/aromatic N) is 2. The minimum absolute atomic E-state index is 0.132. The van der Waals surface area contributed by atoms with Gasteiger partial charge in [-0.3, -0.25) is 4.79 Å². The molecule has 3 heteroatoms. The summed E-state index contributed by atoms with van der Waals surface area (Å²) in [4.78, 5) is 12.8. The molecule has 1 aromatic rings. The SMILES string of the molecule is CC(C)(C)C1=CC(=C/N=N/c2ccccc2)C=C(C(C)(C)C)C1=O. The van der Waals surface area contributed by atoms with Crippen molar-refractivity contribution in [3.63, 3.8) is 0 Å². The van der Waals surface area contributed by atoms with Crippen molar-refractivity contribution < 1.29 is 4.79 Å². The largest absolute Gasteiger partial charge is 0.289 e. The third kappa shape index (κ3) is 4.38. The molecule has 1 aliphatic carbocycles. The molecule has 0 radical (unpaired) electrons. The maximum absolute atomic E-state index is 12.8. The van der Waals surface area contributed by atoms with Crippen LogP contribution in [-0.4, -0.2) is 5.78 Å². The lowest BCUT2D eigenvalue weighted by molar-refractivity contribution is -0.114. The Morgan fingerprint density at radius 3 is 1.79 bits per heavy atom. The van der Waals surface area contributed by atoms with Gasteiger partial charge in [-0.25, -0.2) is 0 Å². The molecule has 126 valence electrons. The molecule has 3 nitrogen and oxygen atoms in total. The Kier molecular flexibility index (Phi) is 5.02. The third-order valence-corrected chi connectivity index (χ3v) is 3.86. The van der Waals surface area contributed by atoms with Crippen molar-refractivity contribution in [3.05, 3.63) is 65.4 Å². The van der Waals surface area contributed by atoms with Crippen LogP contribution >= 0.6 is 0 Å². The van der Waals surface area contributed by atoms with E-state index >= 15 is 0 Å². The normalized spacial score (nSPS) is 16.2. The molecule has 0 aliphatic heterocycles. The van der Waals surface area contributed by atoms with E-state index in [4.69, 9.17) is 0 Å². The molecule has 1 aromatic carbocycles. The van der Waals surface area contributed by atoms with Gasteiger partial charge in [0.05, 0.1) is 11.9 Å². The summed E-state index contributed by atoms with van der Waals surface area (Å²) < 4.78 is 0. The molecule has 0 fully saturated rings. The zero-order valence-corrected chi connectivity index (χ0v) is 15.4. The fourth-order valence-corrected chi connectivity index (χ4v) is 2.50.